The van der Waals surface area contributed by atoms with Crippen LogP contribution in [0.4, 0.5) is 0 Å². The van der Waals surface area contributed by atoms with Crippen molar-refractivity contribution in [3.8, 4) is 11.5 Å². The van der Waals surface area contributed by atoms with Crippen LogP contribution in [-0.2, 0) is 0 Å². The number of ketones is 1. The number of fused-ring (bicyclic) bond motifs is 1. The van der Waals surface area contributed by atoms with Gasteiger partial charge in [-0.25, -0.2) is 0 Å². The van der Waals surface area contributed by atoms with E-state index in [0.717, 1.165) is 0 Å². The van der Waals surface area contributed by atoms with Crippen molar-refractivity contribution >= 4 is 12.1 Å². The molecule has 4 heteroatoms. The zero-order chi connectivity index (χ0) is 13.9. The van der Waals surface area contributed by atoms with Gasteiger partial charge in [0.25, 0.3) is 0 Å². The number of carbonyl (C=O) groups is 2. The minimum atomic E-state index is -0.731. The van der Waals surface area contributed by atoms with Gasteiger partial charge in [0.2, 0.25) is 5.78 Å². The van der Waals surface area contributed by atoms with Crippen LogP contribution in [-0.4, -0.2) is 24.8 Å². The van der Waals surface area contributed by atoms with Crippen LogP contribution in [0.25, 0.3) is 0 Å². The van der Waals surface area contributed by atoms with Gasteiger partial charge in [0.05, 0.1) is 11.1 Å². The summed E-state index contributed by atoms with van der Waals surface area (Å²) in [5.41, 5.74) is 0.923. The summed E-state index contributed by atoms with van der Waals surface area (Å²) in [5, 5.41) is 0. The normalized spacial score (nSPS) is 17.0. The standard InChI is InChI=1S/C16H12O4/c17-9-11-5-1-3-7-13(11)20-15-10-19-14-8-4-2-6-12(14)16(15)18/h1-9,15H,10H2. The van der Waals surface area contributed by atoms with Crippen molar-refractivity contribution in [1.82, 2.24) is 0 Å². The van der Waals surface area contributed by atoms with E-state index in [1.165, 1.54) is 0 Å². The van der Waals surface area contributed by atoms with Crippen LogP contribution in [0.3, 0.4) is 0 Å². The average Bonchev–Trinajstić information content (AvgIpc) is 2.51. The largest absolute Gasteiger partial charge is 0.488 e. The third kappa shape index (κ3) is 2.16. The van der Waals surface area contributed by atoms with Gasteiger partial charge in [-0.15, -0.1) is 0 Å². The van der Waals surface area contributed by atoms with E-state index in [1.807, 2.05) is 6.07 Å². The van der Waals surface area contributed by atoms with E-state index in [0.29, 0.717) is 28.9 Å². The Morgan fingerprint density at radius 3 is 2.70 bits per heavy atom. The maximum atomic E-state index is 12.3. The van der Waals surface area contributed by atoms with Crippen molar-refractivity contribution in [1.29, 1.82) is 0 Å². The fourth-order valence-electron chi connectivity index (χ4n) is 2.14. The molecular weight excluding hydrogens is 256 g/mol. The lowest BCUT2D eigenvalue weighted by Gasteiger charge is -2.25. The van der Waals surface area contributed by atoms with Crippen LogP contribution in [0.1, 0.15) is 20.7 Å². The van der Waals surface area contributed by atoms with Gasteiger partial charge in [0.1, 0.15) is 18.1 Å². The fourth-order valence-corrected chi connectivity index (χ4v) is 2.14. The second-order valence-corrected chi connectivity index (χ2v) is 4.43. The Hall–Kier alpha value is -2.62. The van der Waals surface area contributed by atoms with Gasteiger partial charge in [-0.1, -0.05) is 24.3 Å². The van der Waals surface area contributed by atoms with Crippen LogP contribution in [0, 0.1) is 0 Å². The molecule has 0 amide bonds. The van der Waals surface area contributed by atoms with Gasteiger partial charge in [-0.2, -0.15) is 0 Å². The minimum Gasteiger partial charge on any atom is -0.488 e. The minimum absolute atomic E-state index is 0.132. The Bertz CT molecular complexity index is 663. The molecule has 0 saturated heterocycles. The Balaban J connectivity index is 1.87. The molecule has 20 heavy (non-hydrogen) atoms. The van der Waals surface area contributed by atoms with E-state index in [-0.39, 0.29) is 12.4 Å². The number of rotatable bonds is 3. The van der Waals surface area contributed by atoms with Gasteiger partial charge in [-0.3, -0.25) is 9.59 Å². The maximum Gasteiger partial charge on any atom is 0.210 e. The number of benzene rings is 2. The summed E-state index contributed by atoms with van der Waals surface area (Å²) in [5.74, 6) is 0.831. The number of carbonyl (C=O) groups excluding carboxylic acids is 2. The van der Waals surface area contributed by atoms with Crippen molar-refractivity contribution in [2.45, 2.75) is 6.10 Å². The Morgan fingerprint density at radius 2 is 1.85 bits per heavy atom. The van der Waals surface area contributed by atoms with Crippen LogP contribution >= 0.6 is 0 Å². The molecule has 2 aromatic rings. The highest BCUT2D eigenvalue weighted by atomic mass is 16.5. The first-order chi connectivity index (χ1) is 9.79. The highest BCUT2D eigenvalue weighted by Crippen LogP contribution is 2.27. The summed E-state index contributed by atoms with van der Waals surface area (Å²) in [6, 6.07) is 13.9. The summed E-state index contributed by atoms with van der Waals surface area (Å²) >= 11 is 0. The van der Waals surface area contributed by atoms with Crippen molar-refractivity contribution in [2.24, 2.45) is 0 Å². The fraction of sp³-hybridized carbons (Fsp3) is 0.125. The Morgan fingerprint density at radius 1 is 1.10 bits per heavy atom. The van der Waals surface area contributed by atoms with Crippen LogP contribution in [0.2, 0.25) is 0 Å². The molecule has 4 nitrogen and oxygen atoms in total. The second kappa shape index (κ2) is 5.17. The second-order valence-electron chi connectivity index (χ2n) is 4.43. The molecule has 1 atom stereocenters. The number of aldehydes is 1. The highest BCUT2D eigenvalue weighted by molar-refractivity contribution is 6.03. The summed E-state index contributed by atoms with van der Waals surface area (Å²) in [7, 11) is 0. The molecule has 1 heterocycles. The summed E-state index contributed by atoms with van der Waals surface area (Å²) in [6.07, 6.45) is -0.0248. The smallest absolute Gasteiger partial charge is 0.210 e. The van der Waals surface area contributed by atoms with E-state index in [1.54, 1.807) is 42.5 Å². The number of para-hydroxylation sites is 2. The van der Waals surface area contributed by atoms with E-state index < -0.39 is 6.10 Å². The molecule has 2 aromatic carbocycles. The molecule has 0 aromatic heterocycles. The van der Waals surface area contributed by atoms with Gasteiger partial charge in [0, 0.05) is 0 Å². The first-order valence-corrected chi connectivity index (χ1v) is 6.26. The van der Waals surface area contributed by atoms with Gasteiger partial charge in [-0.05, 0) is 24.3 Å². The van der Waals surface area contributed by atoms with Crippen LogP contribution < -0.4 is 9.47 Å². The van der Waals surface area contributed by atoms with Crippen molar-refractivity contribution in [3.63, 3.8) is 0 Å². The number of hydrogen-bond donors (Lipinski definition) is 0. The molecule has 0 bridgehead atoms. The molecule has 0 aliphatic carbocycles. The predicted molar refractivity (Wildman–Crippen MR) is 72.5 cm³/mol. The molecule has 0 radical (unpaired) electrons. The molecule has 100 valence electrons. The molecule has 3 rings (SSSR count). The monoisotopic (exact) mass is 268 g/mol. The molecule has 1 aliphatic heterocycles. The predicted octanol–water partition coefficient (Wildman–Crippen LogP) is 2.52. The Labute approximate surface area is 115 Å². The van der Waals surface area contributed by atoms with Gasteiger partial charge >= 0.3 is 0 Å². The molecule has 0 saturated carbocycles. The van der Waals surface area contributed by atoms with Gasteiger partial charge in [0.15, 0.2) is 12.4 Å². The summed E-state index contributed by atoms with van der Waals surface area (Å²) in [6.45, 7) is 0.142. The third-order valence-electron chi connectivity index (χ3n) is 3.15. The van der Waals surface area contributed by atoms with Crippen LogP contribution in [0.5, 0.6) is 11.5 Å². The lowest BCUT2D eigenvalue weighted by Crippen LogP contribution is -2.37. The van der Waals surface area contributed by atoms with E-state index >= 15 is 0 Å². The number of Topliss-reactive ketones (excluding diaryl/α,β-unsaturated/α-hetero) is 1. The summed E-state index contributed by atoms with van der Waals surface area (Å²) in [4.78, 5) is 23.3. The number of hydrogen-bond acceptors (Lipinski definition) is 4. The zero-order valence-corrected chi connectivity index (χ0v) is 10.6. The molecule has 1 unspecified atom stereocenters. The topological polar surface area (TPSA) is 52.6 Å². The lowest BCUT2D eigenvalue weighted by molar-refractivity contribution is 0.0625. The Kier molecular flexibility index (Phi) is 3.21. The molecule has 0 N–H and O–H groups in total. The van der Waals surface area contributed by atoms with Crippen molar-refractivity contribution in [2.75, 3.05) is 6.61 Å². The quantitative estimate of drug-likeness (QED) is 0.803. The average molecular weight is 268 g/mol. The van der Waals surface area contributed by atoms with E-state index in [4.69, 9.17) is 9.47 Å². The van der Waals surface area contributed by atoms with Crippen LogP contribution in [0.15, 0.2) is 48.5 Å². The zero-order valence-electron chi connectivity index (χ0n) is 10.6. The first kappa shape index (κ1) is 12.4. The van der Waals surface area contributed by atoms with E-state index in [9.17, 15) is 9.59 Å². The van der Waals surface area contributed by atoms with E-state index in [2.05, 4.69) is 0 Å². The first-order valence-electron chi connectivity index (χ1n) is 6.26. The SMILES string of the molecule is O=Cc1ccccc1OC1COc2ccccc2C1=O. The molecule has 1 aliphatic rings. The summed E-state index contributed by atoms with van der Waals surface area (Å²) < 4.78 is 11.2. The molecule has 0 spiro atoms. The maximum absolute atomic E-state index is 12.3. The number of ether oxygens (including phenoxy) is 2. The van der Waals surface area contributed by atoms with Crippen molar-refractivity contribution < 1.29 is 19.1 Å². The lowest BCUT2D eigenvalue weighted by atomic mass is 10.0. The molecular formula is C16H12O4. The van der Waals surface area contributed by atoms with Crippen molar-refractivity contribution in [3.05, 3.63) is 59.7 Å². The molecule has 0 fully saturated rings. The highest BCUT2D eigenvalue weighted by Gasteiger charge is 2.30. The third-order valence-corrected chi connectivity index (χ3v) is 3.15. The van der Waals surface area contributed by atoms with Gasteiger partial charge < -0.3 is 9.47 Å².